The van der Waals surface area contributed by atoms with Gasteiger partial charge in [-0.05, 0) is 31.9 Å². The van der Waals surface area contributed by atoms with Crippen LogP contribution in [0.4, 0.5) is 4.39 Å². The molecule has 1 N–H and O–H groups in total. The lowest BCUT2D eigenvalue weighted by Gasteiger charge is -2.19. The molecule has 0 bridgehead atoms. The fourth-order valence-corrected chi connectivity index (χ4v) is 1.93. The van der Waals surface area contributed by atoms with Gasteiger partial charge in [0.2, 0.25) is 0 Å². The molecule has 1 aromatic carbocycles. The minimum Gasteiger partial charge on any atom is -0.349 e. The summed E-state index contributed by atoms with van der Waals surface area (Å²) in [6, 6.07) is 4.54. The van der Waals surface area contributed by atoms with Crippen LogP contribution < -0.4 is 5.32 Å². The van der Waals surface area contributed by atoms with Crippen molar-refractivity contribution in [2.24, 2.45) is 5.92 Å². The summed E-state index contributed by atoms with van der Waals surface area (Å²) in [4.78, 5) is 11.9. The Kier molecular flexibility index (Phi) is 5.12. The molecule has 0 spiro atoms. The normalized spacial score (nSPS) is 14.2. The maximum atomic E-state index is 13.5. The zero-order valence-corrected chi connectivity index (χ0v) is 11.8. The summed E-state index contributed by atoms with van der Waals surface area (Å²) in [5.41, 5.74) is 0.983. The SMILES string of the molecule is Cc1ccc(F)c(C(=O)NC(C)C(C)CBr)c1. The first-order valence-corrected chi connectivity index (χ1v) is 6.70. The second kappa shape index (κ2) is 6.15. The number of alkyl halides is 1. The smallest absolute Gasteiger partial charge is 0.254 e. The van der Waals surface area contributed by atoms with E-state index in [9.17, 15) is 9.18 Å². The number of hydrogen-bond donors (Lipinski definition) is 1. The summed E-state index contributed by atoms with van der Waals surface area (Å²) in [6.45, 7) is 5.77. The van der Waals surface area contributed by atoms with E-state index >= 15 is 0 Å². The summed E-state index contributed by atoms with van der Waals surface area (Å²) < 4.78 is 13.5. The third kappa shape index (κ3) is 3.80. The van der Waals surface area contributed by atoms with Crippen molar-refractivity contribution in [1.29, 1.82) is 0 Å². The van der Waals surface area contributed by atoms with E-state index in [1.807, 2.05) is 20.8 Å². The molecule has 1 rings (SSSR count). The van der Waals surface area contributed by atoms with Crippen molar-refractivity contribution in [3.63, 3.8) is 0 Å². The third-order valence-electron chi connectivity index (χ3n) is 2.82. The van der Waals surface area contributed by atoms with Crippen LogP contribution in [0.15, 0.2) is 18.2 Å². The van der Waals surface area contributed by atoms with E-state index in [4.69, 9.17) is 0 Å². The summed E-state index contributed by atoms with van der Waals surface area (Å²) in [7, 11) is 0. The van der Waals surface area contributed by atoms with Gasteiger partial charge in [0.15, 0.2) is 0 Å². The Morgan fingerprint density at radius 2 is 2.12 bits per heavy atom. The van der Waals surface area contributed by atoms with Gasteiger partial charge in [0.05, 0.1) is 5.56 Å². The first kappa shape index (κ1) is 14.2. The third-order valence-corrected chi connectivity index (χ3v) is 3.84. The predicted octanol–water partition coefficient (Wildman–Crippen LogP) is 3.28. The summed E-state index contributed by atoms with van der Waals surface area (Å²) in [5.74, 6) is -0.537. The molecule has 1 aromatic rings. The molecule has 0 fully saturated rings. The Hall–Kier alpha value is -0.900. The highest BCUT2D eigenvalue weighted by molar-refractivity contribution is 9.09. The van der Waals surface area contributed by atoms with Crippen LogP contribution in [0.25, 0.3) is 0 Å². The molecule has 17 heavy (non-hydrogen) atoms. The molecular formula is C13H17BrFNO. The molecule has 0 aliphatic heterocycles. The van der Waals surface area contributed by atoms with Crippen LogP contribution in [-0.4, -0.2) is 17.3 Å². The number of benzene rings is 1. The van der Waals surface area contributed by atoms with Crippen molar-refractivity contribution in [2.45, 2.75) is 26.8 Å². The number of aryl methyl sites for hydroxylation is 1. The lowest BCUT2D eigenvalue weighted by atomic mass is 10.1. The van der Waals surface area contributed by atoms with Gasteiger partial charge in [-0.2, -0.15) is 0 Å². The number of nitrogens with one attached hydrogen (secondary N) is 1. The van der Waals surface area contributed by atoms with E-state index in [0.29, 0.717) is 5.92 Å². The van der Waals surface area contributed by atoms with Crippen LogP contribution in [0, 0.1) is 18.7 Å². The molecule has 94 valence electrons. The predicted molar refractivity (Wildman–Crippen MR) is 71.0 cm³/mol. The van der Waals surface area contributed by atoms with Crippen molar-refractivity contribution in [3.8, 4) is 0 Å². The van der Waals surface area contributed by atoms with Crippen LogP contribution >= 0.6 is 15.9 Å². The molecule has 0 aliphatic rings. The van der Waals surface area contributed by atoms with E-state index in [0.717, 1.165) is 10.9 Å². The van der Waals surface area contributed by atoms with E-state index in [1.165, 1.54) is 6.07 Å². The highest BCUT2D eigenvalue weighted by Gasteiger charge is 2.17. The van der Waals surface area contributed by atoms with Crippen LogP contribution in [0.3, 0.4) is 0 Å². The molecule has 0 saturated heterocycles. The molecule has 0 radical (unpaired) electrons. The number of rotatable bonds is 4. The zero-order chi connectivity index (χ0) is 13.0. The van der Waals surface area contributed by atoms with Gasteiger partial charge < -0.3 is 5.32 Å². The van der Waals surface area contributed by atoms with Gasteiger partial charge >= 0.3 is 0 Å². The second-order valence-electron chi connectivity index (χ2n) is 4.38. The first-order valence-electron chi connectivity index (χ1n) is 5.58. The summed E-state index contributed by atoms with van der Waals surface area (Å²) in [5, 5.41) is 3.60. The van der Waals surface area contributed by atoms with E-state index in [1.54, 1.807) is 12.1 Å². The van der Waals surface area contributed by atoms with Gasteiger partial charge in [-0.15, -0.1) is 0 Å². The first-order chi connectivity index (χ1) is 7.95. The largest absolute Gasteiger partial charge is 0.349 e. The van der Waals surface area contributed by atoms with Gasteiger partial charge in [0.1, 0.15) is 5.82 Å². The minimum absolute atomic E-state index is 0.00165. The molecule has 0 aromatic heterocycles. The Morgan fingerprint density at radius 1 is 1.47 bits per heavy atom. The monoisotopic (exact) mass is 301 g/mol. The topological polar surface area (TPSA) is 29.1 Å². The molecule has 2 atom stereocenters. The molecule has 2 unspecified atom stereocenters. The Bertz CT molecular complexity index is 408. The highest BCUT2D eigenvalue weighted by atomic mass is 79.9. The molecule has 0 heterocycles. The lowest BCUT2D eigenvalue weighted by molar-refractivity contribution is 0.0927. The quantitative estimate of drug-likeness (QED) is 0.850. The number of hydrogen-bond acceptors (Lipinski definition) is 1. The fourth-order valence-electron chi connectivity index (χ4n) is 1.37. The maximum absolute atomic E-state index is 13.5. The van der Waals surface area contributed by atoms with Crippen LogP contribution in [0.1, 0.15) is 29.8 Å². The van der Waals surface area contributed by atoms with Gasteiger partial charge in [-0.25, -0.2) is 4.39 Å². The standard InChI is InChI=1S/C13H17BrFNO/c1-8-4-5-12(15)11(6-8)13(17)16-10(3)9(2)7-14/h4-6,9-10H,7H2,1-3H3,(H,16,17). The van der Waals surface area contributed by atoms with E-state index in [2.05, 4.69) is 21.2 Å². The fraction of sp³-hybridized carbons (Fsp3) is 0.462. The van der Waals surface area contributed by atoms with Crippen molar-refractivity contribution < 1.29 is 9.18 Å². The summed E-state index contributed by atoms with van der Waals surface area (Å²) >= 11 is 3.36. The van der Waals surface area contributed by atoms with Crippen LogP contribution in [-0.2, 0) is 0 Å². The number of carbonyl (C=O) groups excluding carboxylic acids is 1. The molecule has 0 aliphatic carbocycles. The second-order valence-corrected chi connectivity index (χ2v) is 5.02. The highest BCUT2D eigenvalue weighted by Crippen LogP contribution is 2.12. The van der Waals surface area contributed by atoms with Gasteiger partial charge in [0, 0.05) is 11.4 Å². The Labute approximate surface area is 110 Å². The molecule has 0 saturated carbocycles. The lowest BCUT2D eigenvalue weighted by Crippen LogP contribution is -2.38. The number of halogens is 2. The number of carbonyl (C=O) groups is 1. The van der Waals surface area contributed by atoms with Gasteiger partial charge in [-0.1, -0.05) is 34.5 Å². The number of amides is 1. The van der Waals surface area contributed by atoms with Crippen molar-refractivity contribution in [3.05, 3.63) is 35.1 Å². The molecule has 1 amide bonds. The van der Waals surface area contributed by atoms with Crippen LogP contribution in [0.5, 0.6) is 0 Å². The molecule has 2 nitrogen and oxygen atoms in total. The Morgan fingerprint density at radius 3 is 2.71 bits per heavy atom. The maximum Gasteiger partial charge on any atom is 0.254 e. The average Bonchev–Trinajstić information content (AvgIpc) is 2.30. The van der Waals surface area contributed by atoms with E-state index in [-0.39, 0.29) is 17.5 Å². The van der Waals surface area contributed by atoms with E-state index < -0.39 is 5.82 Å². The zero-order valence-electron chi connectivity index (χ0n) is 10.3. The van der Waals surface area contributed by atoms with Gasteiger partial charge in [-0.3, -0.25) is 4.79 Å². The average molecular weight is 302 g/mol. The van der Waals surface area contributed by atoms with Gasteiger partial charge in [0.25, 0.3) is 5.91 Å². The van der Waals surface area contributed by atoms with Crippen LogP contribution in [0.2, 0.25) is 0 Å². The minimum atomic E-state index is -0.480. The van der Waals surface area contributed by atoms with Crippen molar-refractivity contribution in [1.82, 2.24) is 5.32 Å². The van der Waals surface area contributed by atoms with Crippen molar-refractivity contribution in [2.75, 3.05) is 5.33 Å². The molecular weight excluding hydrogens is 285 g/mol. The molecule has 4 heteroatoms. The summed E-state index contributed by atoms with van der Waals surface area (Å²) in [6.07, 6.45) is 0. The van der Waals surface area contributed by atoms with Crippen molar-refractivity contribution >= 4 is 21.8 Å². The Balaban J connectivity index is 2.79.